The third-order valence-corrected chi connectivity index (χ3v) is 4.76. The van der Waals surface area contributed by atoms with Crippen LogP contribution in [0.5, 0.6) is 0 Å². The predicted octanol–water partition coefficient (Wildman–Crippen LogP) is 2.38. The highest BCUT2D eigenvalue weighted by Crippen LogP contribution is 2.27. The van der Waals surface area contributed by atoms with E-state index < -0.39 is 26.5 Å². The van der Waals surface area contributed by atoms with Gasteiger partial charge in [-0.3, -0.25) is 14.9 Å². The normalized spacial score (nSPS) is 11.4. The second-order valence-corrected chi connectivity index (χ2v) is 7.80. The highest BCUT2D eigenvalue weighted by molar-refractivity contribution is 7.90. The van der Waals surface area contributed by atoms with Gasteiger partial charge in [0.1, 0.15) is 11.5 Å². The van der Waals surface area contributed by atoms with Crippen molar-refractivity contribution >= 4 is 33.2 Å². The van der Waals surface area contributed by atoms with E-state index in [0.717, 1.165) is 12.3 Å². The molecule has 0 saturated heterocycles. The maximum absolute atomic E-state index is 13.5. The van der Waals surface area contributed by atoms with Crippen molar-refractivity contribution < 1.29 is 22.5 Å². The van der Waals surface area contributed by atoms with Crippen LogP contribution in [0.1, 0.15) is 5.56 Å². The molecule has 0 radical (unpaired) electrons. The molecule has 0 heterocycles. The predicted molar refractivity (Wildman–Crippen MR) is 103 cm³/mol. The van der Waals surface area contributed by atoms with Gasteiger partial charge in [-0.15, -0.1) is 0 Å². The Kier molecular flexibility index (Phi) is 6.83. The minimum atomic E-state index is -3.57. The molecule has 2 aromatic carbocycles. The highest BCUT2D eigenvalue weighted by Gasteiger charge is 2.18. The van der Waals surface area contributed by atoms with Crippen LogP contribution in [0.3, 0.4) is 0 Å². The molecule has 0 aromatic heterocycles. The van der Waals surface area contributed by atoms with E-state index in [2.05, 4.69) is 10.6 Å². The number of carbonyl (C=O) groups is 1. The highest BCUT2D eigenvalue weighted by atomic mass is 32.2. The number of sulfone groups is 1. The van der Waals surface area contributed by atoms with Gasteiger partial charge in [-0.25, -0.2) is 12.8 Å². The van der Waals surface area contributed by atoms with Gasteiger partial charge < -0.3 is 10.6 Å². The number of nitrogens with one attached hydrogen (secondary N) is 2. The van der Waals surface area contributed by atoms with Crippen LogP contribution in [0.4, 0.5) is 15.8 Å². The minimum absolute atomic E-state index is 0.133. The molecule has 8 nitrogen and oxygen atoms in total. The fraction of sp³-hybridized carbons (Fsp3) is 0.167. The smallest absolute Gasteiger partial charge is 0.293 e. The molecular formula is C18H18FN3O5S. The lowest BCUT2D eigenvalue weighted by atomic mass is 10.2. The van der Waals surface area contributed by atoms with E-state index in [1.165, 1.54) is 36.4 Å². The summed E-state index contributed by atoms with van der Waals surface area (Å²) in [6.07, 6.45) is 3.48. The summed E-state index contributed by atoms with van der Waals surface area (Å²) in [5, 5.41) is 16.5. The van der Waals surface area contributed by atoms with Crippen molar-refractivity contribution in [3.63, 3.8) is 0 Å². The fourth-order valence-electron chi connectivity index (χ4n) is 2.26. The number of nitrogens with zero attached hydrogens (tertiary/aromatic N) is 1. The number of rotatable bonds is 8. The first-order valence-corrected chi connectivity index (χ1v) is 10.0. The maximum atomic E-state index is 13.5. The average molecular weight is 407 g/mol. The topological polar surface area (TPSA) is 118 Å². The molecule has 10 heteroatoms. The molecule has 0 spiro atoms. The van der Waals surface area contributed by atoms with Crippen LogP contribution in [-0.4, -0.2) is 38.6 Å². The van der Waals surface area contributed by atoms with E-state index in [-0.39, 0.29) is 34.9 Å². The molecule has 1 amide bonds. The molecule has 0 aliphatic heterocycles. The van der Waals surface area contributed by atoms with Gasteiger partial charge in [0.25, 0.3) is 5.69 Å². The standard InChI is InChI=1S/C18H18FN3O5S/c1-28(26,27)14-7-8-16(17(12-14)22(24)25)20-10-11-21-18(23)9-6-13-4-2-3-5-15(13)19/h2-9,12,20H,10-11H2,1H3,(H,21,23)/b9-6+. The summed E-state index contributed by atoms with van der Waals surface area (Å²) in [5.41, 5.74) is 0.0274. The Hall–Kier alpha value is -3.27. The van der Waals surface area contributed by atoms with Crippen molar-refractivity contribution in [2.24, 2.45) is 0 Å². The molecule has 2 rings (SSSR count). The molecule has 148 valence electrons. The first-order chi connectivity index (χ1) is 13.2. The van der Waals surface area contributed by atoms with Gasteiger partial charge in [0, 0.05) is 37.1 Å². The molecule has 0 aliphatic carbocycles. The third-order valence-electron chi connectivity index (χ3n) is 3.65. The monoisotopic (exact) mass is 407 g/mol. The van der Waals surface area contributed by atoms with E-state index in [1.807, 2.05) is 0 Å². The lowest BCUT2D eigenvalue weighted by Gasteiger charge is -2.08. The van der Waals surface area contributed by atoms with Gasteiger partial charge in [-0.05, 0) is 24.3 Å². The van der Waals surface area contributed by atoms with Gasteiger partial charge in [0.2, 0.25) is 5.91 Å². The third kappa shape index (κ3) is 5.88. The Balaban J connectivity index is 1.92. The number of amides is 1. The van der Waals surface area contributed by atoms with Crippen molar-refractivity contribution in [3.8, 4) is 0 Å². The number of benzene rings is 2. The van der Waals surface area contributed by atoms with E-state index in [0.29, 0.717) is 0 Å². The van der Waals surface area contributed by atoms with Crippen molar-refractivity contribution in [3.05, 3.63) is 70.0 Å². The summed E-state index contributed by atoms with van der Waals surface area (Å²) in [6.45, 7) is 0.309. The molecule has 2 N–H and O–H groups in total. The summed E-state index contributed by atoms with van der Waals surface area (Å²) in [5.74, 6) is -0.898. The Labute approximate surface area is 161 Å². The summed E-state index contributed by atoms with van der Waals surface area (Å²) in [7, 11) is -3.57. The maximum Gasteiger partial charge on any atom is 0.293 e. The fourth-order valence-corrected chi connectivity index (χ4v) is 2.90. The molecule has 0 bridgehead atoms. The number of hydrogen-bond acceptors (Lipinski definition) is 6. The second-order valence-electron chi connectivity index (χ2n) is 5.78. The number of halogens is 1. The molecule has 2 aromatic rings. The molecule has 0 aliphatic rings. The largest absolute Gasteiger partial charge is 0.378 e. The number of nitro benzene ring substituents is 1. The number of anilines is 1. The Morgan fingerprint density at radius 2 is 1.93 bits per heavy atom. The summed E-state index contributed by atoms with van der Waals surface area (Å²) in [6, 6.07) is 9.54. The number of carbonyl (C=O) groups excluding carboxylic acids is 1. The summed E-state index contributed by atoms with van der Waals surface area (Å²) < 4.78 is 36.5. The second kappa shape index (κ2) is 9.09. The average Bonchev–Trinajstić information content (AvgIpc) is 2.63. The van der Waals surface area contributed by atoms with Gasteiger partial charge in [0.05, 0.1) is 9.82 Å². The number of hydrogen-bond donors (Lipinski definition) is 2. The zero-order valence-electron chi connectivity index (χ0n) is 14.9. The van der Waals surface area contributed by atoms with Crippen molar-refractivity contribution in [2.75, 3.05) is 24.7 Å². The molecule has 28 heavy (non-hydrogen) atoms. The summed E-state index contributed by atoms with van der Waals surface area (Å²) >= 11 is 0. The van der Waals surface area contributed by atoms with Crippen LogP contribution in [-0.2, 0) is 14.6 Å². The molecule has 0 atom stereocenters. The van der Waals surface area contributed by atoms with Gasteiger partial charge >= 0.3 is 0 Å². The lowest BCUT2D eigenvalue weighted by Crippen LogP contribution is -2.27. The van der Waals surface area contributed by atoms with Crippen molar-refractivity contribution in [2.45, 2.75) is 4.90 Å². The summed E-state index contributed by atoms with van der Waals surface area (Å²) in [4.78, 5) is 22.1. The number of nitro groups is 1. The van der Waals surface area contributed by atoms with Crippen LogP contribution in [0.15, 0.2) is 53.4 Å². The zero-order valence-corrected chi connectivity index (χ0v) is 15.7. The van der Waals surface area contributed by atoms with Crippen LogP contribution >= 0.6 is 0 Å². The van der Waals surface area contributed by atoms with Gasteiger partial charge in [-0.1, -0.05) is 18.2 Å². The van der Waals surface area contributed by atoms with E-state index in [4.69, 9.17) is 0 Å². The van der Waals surface area contributed by atoms with Gasteiger partial charge in [-0.2, -0.15) is 0 Å². The Morgan fingerprint density at radius 3 is 2.57 bits per heavy atom. The molecule has 0 fully saturated rings. The molecule has 0 saturated carbocycles. The first-order valence-electron chi connectivity index (χ1n) is 8.11. The Morgan fingerprint density at radius 1 is 1.21 bits per heavy atom. The van der Waals surface area contributed by atoms with Crippen LogP contribution in [0, 0.1) is 15.9 Å². The Bertz CT molecular complexity index is 1020. The van der Waals surface area contributed by atoms with Crippen LogP contribution in [0.2, 0.25) is 0 Å². The zero-order chi connectivity index (χ0) is 20.7. The van der Waals surface area contributed by atoms with Crippen molar-refractivity contribution in [1.29, 1.82) is 0 Å². The SMILES string of the molecule is CS(=O)(=O)c1ccc(NCCNC(=O)/C=C/c2ccccc2F)c([N+](=O)[O-])c1. The van der Waals surface area contributed by atoms with E-state index in [1.54, 1.807) is 12.1 Å². The molecular weight excluding hydrogens is 389 g/mol. The van der Waals surface area contributed by atoms with Gasteiger partial charge in [0.15, 0.2) is 9.84 Å². The van der Waals surface area contributed by atoms with Crippen LogP contribution < -0.4 is 10.6 Å². The van der Waals surface area contributed by atoms with E-state index >= 15 is 0 Å². The first kappa shape index (κ1) is 21.0. The molecule has 0 unspecified atom stereocenters. The minimum Gasteiger partial charge on any atom is -0.378 e. The van der Waals surface area contributed by atoms with Crippen molar-refractivity contribution in [1.82, 2.24) is 5.32 Å². The van der Waals surface area contributed by atoms with E-state index in [9.17, 15) is 27.7 Å². The lowest BCUT2D eigenvalue weighted by molar-refractivity contribution is -0.384. The quantitative estimate of drug-likeness (QED) is 0.300. The van der Waals surface area contributed by atoms with Crippen LogP contribution in [0.25, 0.3) is 6.08 Å².